The molecule has 1 saturated carbocycles. The van der Waals surface area contributed by atoms with Crippen molar-refractivity contribution in [3.63, 3.8) is 0 Å². The molecule has 10 amide bonds. The number of rotatable bonds is 21. The first-order valence-electron chi connectivity index (χ1n) is 27.1. The molecular weight excluding hydrogens is 1010 g/mol. The zero-order valence-electron chi connectivity index (χ0n) is 45.6. The van der Waals surface area contributed by atoms with Gasteiger partial charge in [0.15, 0.2) is 0 Å². The van der Waals surface area contributed by atoms with Gasteiger partial charge in [-0.2, -0.15) is 0 Å². The maximum Gasteiger partial charge on any atom is 0.245 e. The monoisotopic (exact) mass is 1100 g/mol. The molecule has 0 aromatic heterocycles. The number of nitrogens with one attached hydrogen (secondary N) is 10. The van der Waals surface area contributed by atoms with Crippen molar-refractivity contribution >= 4 is 59.1 Å². The average Bonchev–Trinajstić information content (AvgIpc) is 3.39. The van der Waals surface area contributed by atoms with Crippen LogP contribution in [0.2, 0.25) is 0 Å². The lowest BCUT2D eigenvalue weighted by molar-refractivity contribution is -0.137. The van der Waals surface area contributed by atoms with Gasteiger partial charge in [0.1, 0.15) is 54.4 Å². The van der Waals surface area contributed by atoms with Crippen molar-refractivity contribution in [3.8, 4) is 0 Å². The summed E-state index contributed by atoms with van der Waals surface area (Å²) in [5.74, 6) is -8.93. The third-order valence-corrected chi connectivity index (χ3v) is 13.8. The van der Waals surface area contributed by atoms with Crippen molar-refractivity contribution in [2.24, 2.45) is 35.0 Å². The number of aliphatic hydroxyl groups is 3. The van der Waals surface area contributed by atoms with Gasteiger partial charge < -0.3 is 85.7 Å². The SMILES string of the molecule is CC(C)C[C@@H]1NC(=O)[C@@H](Cc2ccccc2)NC(=O)[C@H](CCN)NC(=O)[C@@H](NC(=O)[C@@H](CO)NC(=O)C(NC(=O)CC(C)C2CCCCC2)C(C)O)CCNC(=O)C(C(C)O)NC(=O)[C@H](CCN)NC(=O)[C@H](CCN)NC1=O. The predicted molar refractivity (Wildman–Crippen MR) is 286 cm³/mol. The zero-order chi connectivity index (χ0) is 58.1. The van der Waals surface area contributed by atoms with E-state index < -0.39 is 145 Å². The second kappa shape index (κ2) is 33.9. The average molecular weight is 1100 g/mol. The van der Waals surface area contributed by atoms with Gasteiger partial charge in [0.2, 0.25) is 59.1 Å². The molecule has 0 spiro atoms. The molecule has 1 aromatic rings. The van der Waals surface area contributed by atoms with Gasteiger partial charge in [-0.25, -0.2) is 0 Å². The molecule has 0 bridgehead atoms. The first-order chi connectivity index (χ1) is 37.0. The van der Waals surface area contributed by atoms with Gasteiger partial charge in [0, 0.05) is 19.4 Å². The van der Waals surface area contributed by atoms with E-state index in [4.69, 9.17) is 17.2 Å². The van der Waals surface area contributed by atoms with Crippen LogP contribution in [-0.2, 0) is 54.4 Å². The van der Waals surface area contributed by atoms with Crippen LogP contribution in [-0.4, -0.2) is 174 Å². The topological polar surface area (TPSA) is 430 Å². The molecule has 12 atom stereocenters. The summed E-state index contributed by atoms with van der Waals surface area (Å²) in [6, 6.07) is -5.06. The quantitative estimate of drug-likeness (QED) is 0.0552. The molecule has 1 saturated heterocycles. The van der Waals surface area contributed by atoms with E-state index in [0.29, 0.717) is 11.5 Å². The second-order valence-electron chi connectivity index (χ2n) is 20.8. The Morgan fingerprint density at radius 2 is 1.12 bits per heavy atom. The Morgan fingerprint density at radius 3 is 1.63 bits per heavy atom. The molecule has 78 heavy (non-hydrogen) atoms. The van der Waals surface area contributed by atoms with Gasteiger partial charge in [0.25, 0.3) is 0 Å². The Balaban J connectivity index is 2.06. The molecule has 1 heterocycles. The predicted octanol–water partition coefficient (Wildman–Crippen LogP) is -4.43. The number of amides is 10. The summed E-state index contributed by atoms with van der Waals surface area (Å²) in [5.41, 5.74) is 18.2. The lowest BCUT2D eigenvalue weighted by atomic mass is 9.79. The van der Waals surface area contributed by atoms with Crippen molar-refractivity contribution < 1.29 is 63.3 Å². The van der Waals surface area contributed by atoms with E-state index in [1.807, 2.05) is 6.92 Å². The molecule has 1 aromatic carbocycles. The summed E-state index contributed by atoms with van der Waals surface area (Å²) in [5, 5.41) is 56.9. The normalized spacial score (nSPS) is 25.0. The standard InChI is InChI=1S/C52H87N13O13/c1-28(2)24-38-48(74)59-34(16-20-53)44(70)58-36(18-22-55)47(73)65-42(30(4)67)51(77)56-23-19-37(46(72)57-35(17-21-54)45(71)62-39(49(75)61-38)26-32-12-8-6-9-13-32)60-50(76)40(27-66)63-52(78)43(31(5)68)64-41(69)25-29(3)33-14-10-7-11-15-33/h6,8-9,12-13,28-31,33-40,42-43,66-68H,7,10-11,14-27,53-55H2,1-5H3,(H,56,77)(H,57,72)(H,58,70)(H,59,74)(H,60,76)(H,61,75)(H,62,71)(H,63,78)(H,64,69)(H,65,73)/t29?,30?,31?,34-,35-,36-,37-,38-,39+,40+,42?,43?/m0/s1. The van der Waals surface area contributed by atoms with Crippen molar-refractivity contribution in [2.75, 3.05) is 32.8 Å². The third-order valence-electron chi connectivity index (χ3n) is 13.8. The Kier molecular flexibility index (Phi) is 28.6. The number of hydrogen-bond donors (Lipinski definition) is 16. The largest absolute Gasteiger partial charge is 0.394 e. The lowest BCUT2D eigenvalue weighted by Gasteiger charge is -2.29. The van der Waals surface area contributed by atoms with Crippen LogP contribution in [0.3, 0.4) is 0 Å². The molecule has 1 aliphatic carbocycles. The number of benzene rings is 1. The fourth-order valence-electron chi connectivity index (χ4n) is 9.34. The van der Waals surface area contributed by atoms with E-state index in [9.17, 15) is 63.3 Å². The molecule has 2 fully saturated rings. The van der Waals surface area contributed by atoms with E-state index in [1.165, 1.54) is 13.8 Å². The molecule has 438 valence electrons. The Morgan fingerprint density at radius 1 is 0.615 bits per heavy atom. The van der Waals surface area contributed by atoms with Crippen molar-refractivity contribution in [3.05, 3.63) is 35.9 Å². The number of hydrogen-bond acceptors (Lipinski definition) is 16. The summed E-state index contributed by atoms with van der Waals surface area (Å²) in [6.07, 6.45) is 1.21. The third kappa shape index (κ3) is 21.8. The lowest BCUT2D eigenvalue weighted by Crippen LogP contribution is -2.61. The smallest absolute Gasteiger partial charge is 0.245 e. The molecule has 0 radical (unpaired) electrons. The molecule has 26 nitrogen and oxygen atoms in total. The van der Waals surface area contributed by atoms with Crippen molar-refractivity contribution in [1.29, 1.82) is 0 Å². The van der Waals surface area contributed by atoms with Crippen LogP contribution in [0.25, 0.3) is 0 Å². The minimum Gasteiger partial charge on any atom is -0.394 e. The van der Waals surface area contributed by atoms with Crippen LogP contribution in [0.15, 0.2) is 30.3 Å². The Labute approximate surface area is 456 Å². The van der Waals surface area contributed by atoms with Crippen LogP contribution in [0, 0.1) is 17.8 Å². The van der Waals surface area contributed by atoms with Crippen LogP contribution in [0.1, 0.15) is 111 Å². The van der Waals surface area contributed by atoms with Crippen LogP contribution in [0.4, 0.5) is 0 Å². The minimum atomic E-state index is -1.79. The van der Waals surface area contributed by atoms with Gasteiger partial charge in [-0.3, -0.25) is 47.9 Å². The highest BCUT2D eigenvalue weighted by molar-refractivity contribution is 5.99. The Hall–Kier alpha value is -6.32. The highest BCUT2D eigenvalue weighted by Gasteiger charge is 2.37. The van der Waals surface area contributed by atoms with Gasteiger partial charge in [-0.1, -0.05) is 83.2 Å². The van der Waals surface area contributed by atoms with Crippen LogP contribution >= 0.6 is 0 Å². The molecule has 19 N–H and O–H groups in total. The summed E-state index contributed by atoms with van der Waals surface area (Å²) < 4.78 is 0. The summed E-state index contributed by atoms with van der Waals surface area (Å²) in [7, 11) is 0. The van der Waals surface area contributed by atoms with E-state index >= 15 is 0 Å². The Bertz CT molecular complexity index is 2150. The van der Waals surface area contributed by atoms with Crippen LogP contribution < -0.4 is 70.4 Å². The highest BCUT2D eigenvalue weighted by atomic mass is 16.3. The van der Waals surface area contributed by atoms with Gasteiger partial charge in [0.05, 0.1) is 18.8 Å². The summed E-state index contributed by atoms with van der Waals surface area (Å²) in [4.78, 5) is 139. The maximum absolute atomic E-state index is 14.4. The maximum atomic E-state index is 14.4. The molecule has 5 unspecified atom stereocenters. The van der Waals surface area contributed by atoms with Gasteiger partial charge in [-0.05, 0) is 88.9 Å². The molecule has 3 rings (SSSR count). The highest BCUT2D eigenvalue weighted by Crippen LogP contribution is 2.31. The number of nitrogens with two attached hydrogens (primary N) is 3. The first kappa shape index (κ1) is 66.0. The number of carbonyl (C=O) groups excluding carboxylic acids is 10. The van der Waals surface area contributed by atoms with E-state index in [2.05, 4.69) is 53.2 Å². The van der Waals surface area contributed by atoms with Gasteiger partial charge in [-0.15, -0.1) is 0 Å². The van der Waals surface area contributed by atoms with Gasteiger partial charge >= 0.3 is 0 Å². The van der Waals surface area contributed by atoms with Crippen molar-refractivity contribution in [2.45, 2.75) is 178 Å². The molecule has 1 aliphatic heterocycles. The first-order valence-corrected chi connectivity index (χ1v) is 27.1. The van der Waals surface area contributed by atoms with E-state index in [1.54, 1.807) is 44.2 Å². The molecular formula is C52H87N13O13. The minimum absolute atomic E-state index is 0.00633. The second-order valence-corrected chi connectivity index (χ2v) is 20.8. The fourth-order valence-corrected chi connectivity index (χ4v) is 9.34. The van der Waals surface area contributed by atoms with Crippen molar-refractivity contribution in [1.82, 2.24) is 53.2 Å². The number of carbonyl (C=O) groups is 10. The van der Waals surface area contributed by atoms with E-state index in [-0.39, 0.29) is 70.0 Å². The molecule has 26 heteroatoms. The van der Waals surface area contributed by atoms with E-state index in [0.717, 1.165) is 32.1 Å². The summed E-state index contributed by atoms with van der Waals surface area (Å²) in [6.45, 7) is 6.05. The van der Waals surface area contributed by atoms with Crippen LogP contribution in [0.5, 0.6) is 0 Å². The number of aliphatic hydroxyl groups excluding tert-OH is 3. The zero-order valence-corrected chi connectivity index (χ0v) is 45.6. The summed E-state index contributed by atoms with van der Waals surface area (Å²) >= 11 is 0. The molecule has 2 aliphatic rings. The fraction of sp³-hybridized carbons (Fsp3) is 0.692.